The van der Waals surface area contributed by atoms with Crippen molar-refractivity contribution in [2.45, 2.75) is 6.23 Å². The first-order chi connectivity index (χ1) is 9.93. The van der Waals surface area contributed by atoms with E-state index in [9.17, 15) is 0 Å². The van der Waals surface area contributed by atoms with E-state index in [1.165, 1.54) is 26.8 Å². The highest BCUT2D eigenvalue weighted by Gasteiger charge is 2.21. The molecular formula is C17H15NOS. The molecule has 0 radical (unpaired) electrons. The molecule has 0 unspecified atom stereocenters. The van der Waals surface area contributed by atoms with Crippen LogP contribution < -0.4 is 5.32 Å². The van der Waals surface area contributed by atoms with Gasteiger partial charge in [0.1, 0.15) is 6.23 Å². The maximum Gasteiger partial charge on any atom is 0.135 e. The minimum absolute atomic E-state index is 0.0184. The number of thiophene rings is 1. The van der Waals surface area contributed by atoms with Gasteiger partial charge < -0.3 is 4.74 Å². The summed E-state index contributed by atoms with van der Waals surface area (Å²) in [5, 5.41) is 6.98. The van der Waals surface area contributed by atoms with E-state index in [1.54, 1.807) is 11.3 Å². The number of nitrogens with one attached hydrogen (secondary N) is 1. The van der Waals surface area contributed by atoms with Gasteiger partial charge in [0.2, 0.25) is 0 Å². The Kier molecular flexibility index (Phi) is 3.03. The van der Waals surface area contributed by atoms with Crippen LogP contribution in [0.2, 0.25) is 0 Å². The molecule has 1 atom stereocenters. The van der Waals surface area contributed by atoms with Crippen LogP contribution in [0.1, 0.15) is 11.8 Å². The number of hydrogen-bond acceptors (Lipinski definition) is 3. The number of benzene rings is 2. The maximum atomic E-state index is 5.78. The van der Waals surface area contributed by atoms with Crippen LogP contribution in [0.25, 0.3) is 21.2 Å². The standard InChI is InChI=1S/C17H15NOS/c1-2-7-14(17-18-9-10-19-17)12(5-1)15-11-20-16-8-4-3-6-13(15)16/h1-8,11,17-18H,9-10H2/t17-/m0/s1. The van der Waals surface area contributed by atoms with Crippen molar-refractivity contribution in [2.75, 3.05) is 13.2 Å². The second kappa shape index (κ2) is 5.02. The molecule has 2 heterocycles. The summed E-state index contributed by atoms with van der Waals surface area (Å²) in [5.74, 6) is 0. The summed E-state index contributed by atoms with van der Waals surface area (Å²) in [6.07, 6.45) is 0.0184. The van der Waals surface area contributed by atoms with Crippen LogP contribution in [-0.4, -0.2) is 13.2 Å². The van der Waals surface area contributed by atoms with E-state index in [2.05, 4.69) is 59.2 Å². The Morgan fingerprint density at radius 1 is 1.00 bits per heavy atom. The van der Waals surface area contributed by atoms with Gasteiger partial charge in [-0.3, -0.25) is 5.32 Å². The highest BCUT2D eigenvalue weighted by molar-refractivity contribution is 7.17. The molecule has 2 aromatic carbocycles. The first-order valence-corrected chi connectivity index (χ1v) is 7.72. The third kappa shape index (κ3) is 1.95. The second-order valence-electron chi connectivity index (χ2n) is 4.94. The topological polar surface area (TPSA) is 21.3 Å². The molecule has 4 rings (SSSR count). The van der Waals surface area contributed by atoms with E-state index in [0.29, 0.717) is 0 Å². The molecule has 1 fully saturated rings. The predicted molar refractivity (Wildman–Crippen MR) is 84.0 cm³/mol. The van der Waals surface area contributed by atoms with Crippen molar-refractivity contribution in [1.29, 1.82) is 0 Å². The predicted octanol–water partition coefficient (Wildman–Crippen LogP) is 4.19. The largest absolute Gasteiger partial charge is 0.358 e. The van der Waals surface area contributed by atoms with Gasteiger partial charge in [0.05, 0.1) is 6.61 Å². The normalized spacial score (nSPS) is 18.7. The monoisotopic (exact) mass is 281 g/mol. The smallest absolute Gasteiger partial charge is 0.135 e. The Bertz CT molecular complexity index is 743. The SMILES string of the molecule is c1ccc([C@H]2NCCO2)c(-c2csc3ccccc23)c1. The maximum absolute atomic E-state index is 5.78. The number of ether oxygens (including phenoxy) is 1. The minimum Gasteiger partial charge on any atom is -0.358 e. The van der Waals surface area contributed by atoms with Crippen molar-refractivity contribution in [3.8, 4) is 11.1 Å². The van der Waals surface area contributed by atoms with Crippen LogP contribution in [0.3, 0.4) is 0 Å². The highest BCUT2D eigenvalue weighted by Crippen LogP contribution is 2.37. The summed E-state index contributed by atoms with van der Waals surface area (Å²) in [6.45, 7) is 1.70. The molecule has 1 aromatic heterocycles. The zero-order chi connectivity index (χ0) is 13.4. The lowest BCUT2D eigenvalue weighted by molar-refractivity contribution is 0.102. The first-order valence-electron chi connectivity index (χ1n) is 6.84. The molecule has 0 bridgehead atoms. The lowest BCUT2D eigenvalue weighted by atomic mass is 9.98. The molecule has 1 aliphatic heterocycles. The Morgan fingerprint density at radius 3 is 2.75 bits per heavy atom. The van der Waals surface area contributed by atoms with E-state index < -0.39 is 0 Å². The Balaban J connectivity index is 1.89. The van der Waals surface area contributed by atoms with Crippen molar-refractivity contribution in [2.24, 2.45) is 0 Å². The van der Waals surface area contributed by atoms with E-state index in [4.69, 9.17) is 4.74 Å². The Hall–Kier alpha value is -1.68. The van der Waals surface area contributed by atoms with Crippen molar-refractivity contribution in [3.63, 3.8) is 0 Å². The third-order valence-corrected chi connectivity index (χ3v) is 4.69. The van der Waals surface area contributed by atoms with Crippen molar-refractivity contribution in [1.82, 2.24) is 5.32 Å². The molecule has 1 aliphatic rings. The van der Waals surface area contributed by atoms with Gasteiger partial charge >= 0.3 is 0 Å². The van der Waals surface area contributed by atoms with Crippen LogP contribution in [-0.2, 0) is 4.74 Å². The van der Waals surface area contributed by atoms with E-state index in [1.807, 2.05) is 0 Å². The second-order valence-corrected chi connectivity index (χ2v) is 5.85. The number of rotatable bonds is 2. The molecule has 0 spiro atoms. The molecule has 2 nitrogen and oxygen atoms in total. The zero-order valence-corrected chi connectivity index (χ0v) is 11.8. The van der Waals surface area contributed by atoms with Crippen molar-refractivity contribution < 1.29 is 4.74 Å². The summed E-state index contributed by atoms with van der Waals surface area (Å²) in [7, 11) is 0. The number of hydrogen-bond donors (Lipinski definition) is 1. The Morgan fingerprint density at radius 2 is 1.85 bits per heavy atom. The molecule has 0 saturated carbocycles. The molecule has 0 aliphatic carbocycles. The lowest BCUT2D eigenvalue weighted by Gasteiger charge is -2.15. The van der Waals surface area contributed by atoms with Gasteiger partial charge in [-0.2, -0.15) is 0 Å². The quantitative estimate of drug-likeness (QED) is 0.760. The van der Waals surface area contributed by atoms with Gasteiger partial charge in [0, 0.05) is 27.8 Å². The molecule has 1 saturated heterocycles. The molecule has 3 aromatic rings. The summed E-state index contributed by atoms with van der Waals surface area (Å²) < 4.78 is 7.11. The fourth-order valence-electron chi connectivity index (χ4n) is 2.78. The molecule has 20 heavy (non-hydrogen) atoms. The van der Waals surface area contributed by atoms with Gasteiger partial charge in [-0.05, 0) is 17.0 Å². The molecule has 0 amide bonds. The van der Waals surface area contributed by atoms with Crippen LogP contribution in [0.15, 0.2) is 53.9 Å². The number of fused-ring (bicyclic) bond motifs is 1. The summed E-state index contributed by atoms with van der Waals surface area (Å²) in [5.41, 5.74) is 3.80. The van der Waals surface area contributed by atoms with E-state index in [0.717, 1.165) is 13.2 Å². The van der Waals surface area contributed by atoms with Crippen LogP contribution in [0.4, 0.5) is 0 Å². The van der Waals surface area contributed by atoms with Crippen molar-refractivity contribution in [3.05, 3.63) is 59.5 Å². The van der Waals surface area contributed by atoms with Gasteiger partial charge in [0.25, 0.3) is 0 Å². The van der Waals surface area contributed by atoms with Crippen molar-refractivity contribution >= 4 is 21.4 Å². The Labute approximate surface area is 122 Å². The highest BCUT2D eigenvalue weighted by atomic mass is 32.1. The average molecular weight is 281 g/mol. The molecule has 100 valence electrons. The lowest BCUT2D eigenvalue weighted by Crippen LogP contribution is -2.14. The zero-order valence-electron chi connectivity index (χ0n) is 11.0. The fraction of sp³-hybridized carbons (Fsp3) is 0.176. The fourth-order valence-corrected chi connectivity index (χ4v) is 3.74. The molecule has 1 N–H and O–H groups in total. The van der Waals surface area contributed by atoms with Crippen LogP contribution >= 0.6 is 11.3 Å². The summed E-state index contributed by atoms with van der Waals surface area (Å²) >= 11 is 1.80. The van der Waals surface area contributed by atoms with Crippen LogP contribution in [0.5, 0.6) is 0 Å². The third-order valence-electron chi connectivity index (χ3n) is 3.73. The van der Waals surface area contributed by atoms with Crippen LogP contribution in [0, 0.1) is 0 Å². The van der Waals surface area contributed by atoms with Gasteiger partial charge in [-0.1, -0.05) is 42.5 Å². The van der Waals surface area contributed by atoms with Gasteiger partial charge in [0.15, 0.2) is 0 Å². The minimum atomic E-state index is 0.0184. The van der Waals surface area contributed by atoms with E-state index >= 15 is 0 Å². The molecular weight excluding hydrogens is 266 g/mol. The van der Waals surface area contributed by atoms with E-state index in [-0.39, 0.29) is 6.23 Å². The summed E-state index contributed by atoms with van der Waals surface area (Å²) in [6, 6.07) is 17.1. The molecule has 3 heteroatoms. The van der Waals surface area contributed by atoms with Gasteiger partial charge in [-0.15, -0.1) is 11.3 Å². The first kappa shape index (κ1) is 12.1. The average Bonchev–Trinajstić information content (AvgIpc) is 3.17. The van der Waals surface area contributed by atoms with Gasteiger partial charge in [-0.25, -0.2) is 0 Å². The summed E-state index contributed by atoms with van der Waals surface area (Å²) in [4.78, 5) is 0.